The molecule has 76 valence electrons. The van der Waals surface area contributed by atoms with Gasteiger partial charge in [0.25, 0.3) is 11.7 Å². The average Bonchev–Trinajstić information content (AvgIpc) is 2.02. The Morgan fingerprint density at radius 2 is 2.21 bits per heavy atom. The fourth-order valence-corrected chi connectivity index (χ4v) is 1.30. The van der Waals surface area contributed by atoms with Gasteiger partial charge in [0.15, 0.2) is 0 Å². The van der Waals surface area contributed by atoms with Crippen LogP contribution in [0.15, 0.2) is 6.20 Å². The van der Waals surface area contributed by atoms with Gasteiger partial charge in [-0.1, -0.05) is 0 Å². The molecule has 0 radical (unpaired) electrons. The molecule has 14 heavy (non-hydrogen) atoms. The minimum atomic E-state index is -2.77. The highest BCUT2D eigenvalue weighted by Gasteiger charge is 2.19. The second-order valence-corrected chi connectivity index (χ2v) is 3.01. The number of carbonyl (C=O) groups is 1. The number of alkyl halides is 2. The van der Waals surface area contributed by atoms with Gasteiger partial charge in [-0.15, -0.1) is 0 Å². The van der Waals surface area contributed by atoms with Crippen LogP contribution in [0, 0.1) is 6.92 Å². The maximum Gasteiger partial charge on any atom is 0.267 e. The van der Waals surface area contributed by atoms with Crippen LogP contribution in [0.4, 0.5) is 14.5 Å². The van der Waals surface area contributed by atoms with Gasteiger partial charge >= 0.3 is 0 Å². The number of hydrogen-bond donors (Lipinski definition) is 1. The lowest BCUT2D eigenvalue weighted by Crippen LogP contribution is -2.07. The third-order valence-electron chi connectivity index (χ3n) is 1.77. The van der Waals surface area contributed by atoms with Gasteiger partial charge in [0.05, 0.1) is 22.5 Å². The Kier molecular flexibility index (Phi) is 3.00. The predicted octanol–water partition coefficient (Wildman–Crippen LogP) is 2.29. The molecule has 0 unspecified atom stereocenters. The van der Waals surface area contributed by atoms with Crippen LogP contribution in [0.2, 0.25) is 0 Å². The average molecular weight is 221 g/mol. The van der Waals surface area contributed by atoms with Crippen molar-refractivity contribution in [2.24, 2.45) is 0 Å². The summed E-state index contributed by atoms with van der Waals surface area (Å²) < 4.78 is 24.7. The van der Waals surface area contributed by atoms with E-state index in [4.69, 9.17) is 17.3 Å². The van der Waals surface area contributed by atoms with E-state index in [2.05, 4.69) is 4.98 Å². The monoisotopic (exact) mass is 220 g/mol. The molecular weight excluding hydrogens is 214 g/mol. The van der Waals surface area contributed by atoms with Gasteiger partial charge in [0.1, 0.15) is 0 Å². The molecule has 0 aliphatic carbocycles. The highest BCUT2D eigenvalue weighted by molar-refractivity contribution is 6.68. The molecule has 0 amide bonds. The van der Waals surface area contributed by atoms with Crippen molar-refractivity contribution in [2.45, 2.75) is 13.3 Å². The summed E-state index contributed by atoms with van der Waals surface area (Å²) >= 11 is 5.19. The van der Waals surface area contributed by atoms with Gasteiger partial charge < -0.3 is 5.73 Å². The lowest BCUT2D eigenvalue weighted by atomic mass is 10.1. The number of hydrogen-bond acceptors (Lipinski definition) is 3. The van der Waals surface area contributed by atoms with Crippen LogP contribution < -0.4 is 5.73 Å². The molecule has 0 aliphatic heterocycles. The van der Waals surface area contributed by atoms with Crippen LogP contribution in [-0.4, -0.2) is 10.2 Å². The highest BCUT2D eigenvalue weighted by Crippen LogP contribution is 2.28. The number of nitrogens with two attached hydrogens (primary N) is 1. The Morgan fingerprint density at radius 3 is 2.64 bits per heavy atom. The van der Waals surface area contributed by atoms with Crippen LogP contribution >= 0.6 is 11.6 Å². The van der Waals surface area contributed by atoms with Crippen molar-refractivity contribution < 1.29 is 13.6 Å². The van der Waals surface area contributed by atoms with E-state index in [0.29, 0.717) is 0 Å². The van der Waals surface area contributed by atoms with E-state index in [-0.39, 0.29) is 16.9 Å². The Labute approximate surface area is 83.9 Å². The zero-order chi connectivity index (χ0) is 10.9. The second kappa shape index (κ2) is 3.88. The number of nitrogen functional groups attached to an aromatic ring is 1. The van der Waals surface area contributed by atoms with Crippen molar-refractivity contribution in [1.82, 2.24) is 4.98 Å². The molecule has 3 nitrogen and oxygen atoms in total. The van der Waals surface area contributed by atoms with Crippen LogP contribution in [0.25, 0.3) is 0 Å². The summed E-state index contributed by atoms with van der Waals surface area (Å²) in [5.74, 6) is 0. The summed E-state index contributed by atoms with van der Waals surface area (Å²) in [6.45, 7) is 1.47. The smallest absolute Gasteiger partial charge is 0.267 e. The molecule has 0 spiro atoms. The van der Waals surface area contributed by atoms with E-state index in [1.54, 1.807) is 0 Å². The maximum absolute atomic E-state index is 12.3. The van der Waals surface area contributed by atoms with Crippen molar-refractivity contribution >= 4 is 22.5 Å². The highest BCUT2D eigenvalue weighted by atomic mass is 35.5. The molecule has 0 saturated heterocycles. The Hall–Kier alpha value is -1.23. The first-order chi connectivity index (χ1) is 6.45. The van der Waals surface area contributed by atoms with Crippen molar-refractivity contribution in [1.29, 1.82) is 0 Å². The molecular formula is C8H7ClF2N2O. The van der Waals surface area contributed by atoms with Crippen LogP contribution in [0.3, 0.4) is 0 Å². The summed E-state index contributed by atoms with van der Waals surface area (Å²) in [6, 6.07) is 0. The zero-order valence-corrected chi connectivity index (χ0v) is 7.98. The van der Waals surface area contributed by atoms with Crippen molar-refractivity contribution in [3.8, 4) is 0 Å². The topological polar surface area (TPSA) is 56.0 Å². The minimum Gasteiger partial charge on any atom is -0.398 e. The van der Waals surface area contributed by atoms with E-state index in [9.17, 15) is 13.6 Å². The standard InChI is InChI=1S/C8H7ClF2N2O/c1-3-5(7(9)14)6(12)4(2-13-3)8(10)11/h2,8H,1H3,(H2,12,13). The number of nitrogens with zero attached hydrogens (tertiary/aromatic N) is 1. The Balaban J connectivity index is 3.41. The Bertz CT molecular complexity index is 382. The van der Waals surface area contributed by atoms with Gasteiger partial charge in [0, 0.05) is 6.20 Å². The van der Waals surface area contributed by atoms with Crippen LogP contribution in [0.1, 0.15) is 28.0 Å². The minimum absolute atomic E-state index is 0.149. The normalized spacial score (nSPS) is 10.6. The molecule has 0 fully saturated rings. The zero-order valence-electron chi connectivity index (χ0n) is 7.22. The van der Waals surface area contributed by atoms with E-state index in [1.807, 2.05) is 0 Å². The molecule has 0 aliphatic rings. The molecule has 0 aromatic carbocycles. The molecule has 0 saturated carbocycles. The maximum atomic E-state index is 12.3. The molecule has 1 heterocycles. The number of aromatic nitrogens is 1. The van der Waals surface area contributed by atoms with E-state index in [0.717, 1.165) is 6.20 Å². The first-order valence-corrected chi connectivity index (χ1v) is 4.06. The second-order valence-electron chi connectivity index (χ2n) is 2.66. The third-order valence-corrected chi connectivity index (χ3v) is 1.96. The van der Waals surface area contributed by atoms with Crippen molar-refractivity contribution in [2.75, 3.05) is 5.73 Å². The molecule has 6 heteroatoms. The van der Waals surface area contributed by atoms with Gasteiger partial charge in [-0.05, 0) is 18.5 Å². The summed E-state index contributed by atoms with van der Waals surface area (Å²) in [5, 5.41) is -0.880. The summed E-state index contributed by atoms with van der Waals surface area (Å²) in [7, 11) is 0. The predicted molar refractivity (Wildman–Crippen MR) is 48.5 cm³/mol. The van der Waals surface area contributed by atoms with E-state index < -0.39 is 17.2 Å². The summed E-state index contributed by atoms with van der Waals surface area (Å²) in [4.78, 5) is 14.5. The lowest BCUT2D eigenvalue weighted by Gasteiger charge is -2.08. The van der Waals surface area contributed by atoms with Crippen LogP contribution in [-0.2, 0) is 0 Å². The fraction of sp³-hybridized carbons (Fsp3) is 0.250. The molecule has 1 rings (SSSR count). The number of aryl methyl sites for hydroxylation is 1. The van der Waals surface area contributed by atoms with Crippen molar-refractivity contribution in [3.63, 3.8) is 0 Å². The number of halogens is 3. The summed E-state index contributed by atoms with van der Waals surface area (Å²) in [5.41, 5.74) is 4.68. The lowest BCUT2D eigenvalue weighted by molar-refractivity contribution is 0.108. The van der Waals surface area contributed by atoms with E-state index >= 15 is 0 Å². The van der Waals surface area contributed by atoms with Gasteiger partial charge in [-0.25, -0.2) is 8.78 Å². The SMILES string of the molecule is Cc1ncc(C(F)F)c(N)c1C(=O)Cl. The Morgan fingerprint density at radius 1 is 1.64 bits per heavy atom. The number of pyridine rings is 1. The quantitative estimate of drug-likeness (QED) is 0.778. The number of rotatable bonds is 2. The van der Waals surface area contributed by atoms with Gasteiger partial charge in [-0.2, -0.15) is 0 Å². The van der Waals surface area contributed by atoms with Gasteiger partial charge in [0.2, 0.25) is 0 Å². The molecule has 2 N–H and O–H groups in total. The third kappa shape index (κ3) is 1.82. The fourth-order valence-electron chi connectivity index (χ4n) is 1.06. The number of carbonyl (C=O) groups excluding carboxylic acids is 1. The summed E-state index contributed by atoms with van der Waals surface area (Å²) in [6.07, 6.45) is -1.82. The first-order valence-electron chi connectivity index (χ1n) is 3.68. The van der Waals surface area contributed by atoms with Crippen molar-refractivity contribution in [3.05, 3.63) is 23.0 Å². The largest absolute Gasteiger partial charge is 0.398 e. The molecule has 1 aromatic rings. The first kappa shape index (κ1) is 10.8. The van der Waals surface area contributed by atoms with Crippen LogP contribution in [0.5, 0.6) is 0 Å². The van der Waals surface area contributed by atoms with Gasteiger partial charge in [-0.3, -0.25) is 9.78 Å². The molecule has 0 bridgehead atoms. The number of anilines is 1. The molecule has 0 atom stereocenters. The molecule has 1 aromatic heterocycles. The van der Waals surface area contributed by atoms with E-state index in [1.165, 1.54) is 6.92 Å².